The molecule has 3 heterocycles. The fraction of sp³-hybridized carbons (Fsp3) is 0.381. The summed E-state index contributed by atoms with van der Waals surface area (Å²) >= 11 is 1.40. The molecule has 1 aliphatic heterocycles. The van der Waals surface area contributed by atoms with E-state index in [1.807, 2.05) is 6.92 Å². The van der Waals surface area contributed by atoms with Gasteiger partial charge in [-0.15, -0.1) is 11.3 Å². The minimum atomic E-state index is -0.165. The average Bonchev–Trinajstić information content (AvgIpc) is 3.11. The molecular formula is C21H24N4O3S. The van der Waals surface area contributed by atoms with Gasteiger partial charge in [0.25, 0.3) is 5.91 Å². The Hall–Kier alpha value is -2.87. The molecule has 1 amide bonds. The summed E-state index contributed by atoms with van der Waals surface area (Å²) < 4.78 is 10.6. The summed E-state index contributed by atoms with van der Waals surface area (Å²) in [6.45, 7) is 3.96. The van der Waals surface area contributed by atoms with Crippen LogP contribution in [0.2, 0.25) is 0 Å². The van der Waals surface area contributed by atoms with Crippen molar-refractivity contribution < 1.29 is 14.3 Å². The highest BCUT2D eigenvalue weighted by atomic mass is 32.1. The Kier molecular flexibility index (Phi) is 5.53. The van der Waals surface area contributed by atoms with Crippen LogP contribution in [0.15, 0.2) is 24.5 Å². The average molecular weight is 413 g/mol. The van der Waals surface area contributed by atoms with E-state index in [0.29, 0.717) is 22.1 Å². The van der Waals surface area contributed by atoms with Crippen LogP contribution in [-0.4, -0.2) is 43.2 Å². The van der Waals surface area contributed by atoms with Crippen LogP contribution in [0.5, 0.6) is 11.5 Å². The van der Waals surface area contributed by atoms with Crippen LogP contribution in [0.4, 0.5) is 11.5 Å². The van der Waals surface area contributed by atoms with Crippen molar-refractivity contribution in [3.05, 3.63) is 35.0 Å². The molecule has 4 rings (SSSR count). The Balaban J connectivity index is 1.65. The quantitative estimate of drug-likeness (QED) is 0.675. The molecule has 0 spiro atoms. The lowest BCUT2D eigenvalue weighted by molar-refractivity contribution is 0.103. The van der Waals surface area contributed by atoms with Crippen LogP contribution in [0.3, 0.4) is 0 Å². The predicted molar refractivity (Wildman–Crippen MR) is 116 cm³/mol. The van der Waals surface area contributed by atoms with Crippen molar-refractivity contribution in [1.29, 1.82) is 0 Å². The molecule has 8 heteroatoms. The molecular weight excluding hydrogens is 388 g/mol. The Morgan fingerprint density at radius 3 is 2.59 bits per heavy atom. The normalized spacial score (nSPS) is 14.1. The van der Waals surface area contributed by atoms with E-state index >= 15 is 0 Å². The van der Waals surface area contributed by atoms with Crippen LogP contribution in [-0.2, 0) is 0 Å². The summed E-state index contributed by atoms with van der Waals surface area (Å²) in [5.74, 6) is 1.96. The molecule has 2 aromatic heterocycles. The lowest BCUT2D eigenvalue weighted by Gasteiger charge is -2.28. The third-order valence-corrected chi connectivity index (χ3v) is 6.41. The largest absolute Gasteiger partial charge is 0.493 e. The number of aryl methyl sites for hydroxylation is 1. The highest BCUT2D eigenvalue weighted by Gasteiger charge is 2.23. The smallest absolute Gasteiger partial charge is 0.266 e. The number of hydrogen-bond acceptors (Lipinski definition) is 7. The van der Waals surface area contributed by atoms with Crippen molar-refractivity contribution in [3.63, 3.8) is 0 Å². The molecule has 1 fully saturated rings. The van der Waals surface area contributed by atoms with Crippen LogP contribution < -0.4 is 19.7 Å². The van der Waals surface area contributed by atoms with Crippen LogP contribution in [0.1, 0.15) is 34.5 Å². The second-order valence-corrected chi connectivity index (χ2v) is 8.00. The third-order valence-electron chi connectivity index (χ3n) is 5.21. The first kappa shape index (κ1) is 19.4. The van der Waals surface area contributed by atoms with Gasteiger partial charge in [0.05, 0.1) is 24.5 Å². The monoisotopic (exact) mass is 412 g/mol. The number of aromatic nitrogens is 2. The number of nitrogens with zero attached hydrogens (tertiary/aromatic N) is 3. The molecule has 1 aliphatic rings. The first-order chi connectivity index (χ1) is 14.1. The zero-order valence-electron chi connectivity index (χ0n) is 16.8. The van der Waals surface area contributed by atoms with Crippen molar-refractivity contribution >= 4 is 39.0 Å². The SMILES string of the molecule is COc1ccc(NC(=O)c2sc3ncnc(N4CCCCC4)c3c2C)cc1OC. The number of thiophene rings is 1. The maximum absolute atomic E-state index is 13.0. The first-order valence-electron chi connectivity index (χ1n) is 9.64. The molecule has 1 N–H and O–H groups in total. The van der Waals surface area contributed by atoms with Gasteiger partial charge in [0, 0.05) is 24.8 Å². The molecule has 7 nitrogen and oxygen atoms in total. The maximum atomic E-state index is 13.0. The molecule has 0 bridgehead atoms. The number of hydrogen-bond donors (Lipinski definition) is 1. The minimum absolute atomic E-state index is 0.165. The fourth-order valence-corrected chi connectivity index (χ4v) is 4.76. The molecule has 0 atom stereocenters. The van der Waals surface area contributed by atoms with E-state index < -0.39 is 0 Å². The fourth-order valence-electron chi connectivity index (χ4n) is 3.72. The summed E-state index contributed by atoms with van der Waals surface area (Å²) in [5.41, 5.74) is 1.57. The van der Waals surface area contributed by atoms with Crippen molar-refractivity contribution in [2.75, 3.05) is 37.5 Å². The van der Waals surface area contributed by atoms with Gasteiger partial charge in [0.15, 0.2) is 11.5 Å². The number of anilines is 2. The second-order valence-electron chi connectivity index (χ2n) is 7.01. The lowest BCUT2D eigenvalue weighted by atomic mass is 10.1. The Morgan fingerprint density at radius 2 is 1.86 bits per heavy atom. The standard InChI is InChI=1S/C21H24N4O3S/c1-13-17-19(25-9-5-4-6-10-25)22-12-23-21(17)29-18(13)20(26)24-14-7-8-15(27-2)16(11-14)28-3/h7-8,11-12H,4-6,9-10H2,1-3H3,(H,24,26). The van der Waals surface area contributed by atoms with E-state index in [4.69, 9.17) is 9.47 Å². The summed E-state index contributed by atoms with van der Waals surface area (Å²) in [4.78, 5) is 25.8. The minimum Gasteiger partial charge on any atom is -0.493 e. The molecule has 1 aromatic carbocycles. The lowest BCUT2D eigenvalue weighted by Crippen LogP contribution is -2.30. The van der Waals surface area contributed by atoms with Gasteiger partial charge in [-0.25, -0.2) is 9.97 Å². The van der Waals surface area contributed by atoms with Crippen molar-refractivity contribution in [2.45, 2.75) is 26.2 Å². The van der Waals surface area contributed by atoms with E-state index in [1.54, 1.807) is 38.7 Å². The number of rotatable bonds is 5. The number of ether oxygens (including phenoxy) is 2. The first-order valence-corrected chi connectivity index (χ1v) is 10.5. The Morgan fingerprint density at radius 1 is 1.10 bits per heavy atom. The third kappa shape index (κ3) is 3.72. The molecule has 0 unspecified atom stereocenters. The zero-order chi connectivity index (χ0) is 20.4. The number of piperidine rings is 1. The summed E-state index contributed by atoms with van der Waals surface area (Å²) in [6.07, 6.45) is 5.19. The molecule has 3 aromatic rings. The van der Waals surface area contributed by atoms with Gasteiger partial charge >= 0.3 is 0 Å². The summed E-state index contributed by atoms with van der Waals surface area (Å²) in [5, 5.41) is 3.94. The van der Waals surface area contributed by atoms with E-state index in [-0.39, 0.29) is 5.91 Å². The van der Waals surface area contributed by atoms with Crippen LogP contribution in [0.25, 0.3) is 10.2 Å². The number of carbonyl (C=O) groups excluding carboxylic acids is 1. The number of nitrogens with one attached hydrogen (secondary N) is 1. The molecule has 0 saturated carbocycles. The number of fused-ring (bicyclic) bond motifs is 1. The topological polar surface area (TPSA) is 76.6 Å². The van der Waals surface area contributed by atoms with E-state index in [2.05, 4.69) is 20.2 Å². The second kappa shape index (κ2) is 8.24. The van der Waals surface area contributed by atoms with Gasteiger partial charge in [0.1, 0.15) is 17.0 Å². The van der Waals surface area contributed by atoms with Crippen LogP contribution >= 0.6 is 11.3 Å². The Bertz CT molecular complexity index is 1040. The van der Waals surface area contributed by atoms with E-state index in [0.717, 1.165) is 34.7 Å². The molecule has 0 aliphatic carbocycles. The van der Waals surface area contributed by atoms with Crippen LogP contribution in [0, 0.1) is 6.92 Å². The number of benzene rings is 1. The predicted octanol–water partition coefficient (Wildman–Crippen LogP) is 4.26. The van der Waals surface area contributed by atoms with Crippen molar-refractivity contribution in [2.24, 2.45) is 0 Å². The summed E-state index contributed by atoms with van der Waals surface area (Å²) in [7, 11) is 3.15. The number of methoxy groups -OCH3 is 2. The highest BCUT2D eigenvalue weighted by Crippen LogP contribution is 2.36. The van der Waals surface area contributed by atoms with Gasteiger partial charge in [0.2, 0.25) is 0 Å². The zero-order valence-corrected chi connectivity index (χ0v) is 17.6. The molecule has 152 valence electrons. The molecule has 1 saturated heterocycles. The molecule has 0 radical (unpaired) electrons. The van der Waals surface area contributed by atoms with Gasteiger partial charge in [-0.1, -0.05) is 0 Å². The number of carbonyl (C=O) groups is 1. The van der Waals surface area contributed by atoms with Gasteiger partial charge in [-0.3, -0.25) is 4.79 Å². The van der Waals surface area contributed by atoms with Crippen molar-refractivity contribution in [3.8, 4) is 11.5 Å². The maximum Gasteiger partial charge on any atom is 0.266 e. The van der Waals surface area contributed by atoms with Crippen molar-refractivity contribution in [1.82, 2.24) is 9.97 Å². The van der Waals surface area contributed by atoms with Gasteiger partial charge in [-0.2, -0.15) is 0 Å². The number of amides is 1. The molecule has 29 heavy (non-hydrogen) atoms. The van der Waals surface area contributed by atoms with E-state index in [1.165, 1.54) is 30.6 Å². The van der Waals surface area contributed by atoms with E-state index in [9.17, 15) is 4.79 Å². The Labute approximate surface area is 173 Å². The van der Waals surface area contributed by atoms with Gasteiger partial charge in [-0.05, 0) is 43.9 Å². The highest BCUT2D eigenvalue weighted by molar-refractivity contribution is 7.20. The van der Waals surface area contributed by atoms with Gasteiger partial charge < -0.3 is 19.7 Å². The summed E-state index contributed by atoms with van der Waals surface area (Å²) in [6, 6.07) is 5.31.